The first-order valence-corrected chi connectivity index (χ1v) is 10.4. The fraction of sp³-hybridized carbons (Fsp3) is 0.350. The van der Waals surface area contributed by atoms with Gasteiger partial charge in [-0.1, -0.05) is 24.3 Å². The first-order valence-electron chi connectivity index (χ1n) is 8.88. The summed E-state index contributed by atoms with van der Waals surface area (Å²) in [6, 6.07) is 10.8. The predicted octanol–water partition coefficient (Wildman–Crippen LogP) is 2.68. The van der Waals surface area contributed by atoms with Crippen LogP contribution in [0.4, 0.5) is 0 Å². The molecule has 1 aliphatic carbocycles. The highest BCUT2D eigenvalue weighted by molar-refractivity contribution is 7.90. The molecule has 6 heteroatoms. The fourth-order valence-electron chi connectivity index (χ4n) is 3.71. The molecule has 2 aromatic carbocycles. The van der Waals surface area contributed by atoms with E-state index in [2.05, 4.69) is 4.72 Å². The first kappa shape index (κ1) is 17.1. The Bertz CT molecular complexity index is 981. The van der Waals surface area contributed by atoms with Crippen molar-refractivity contribution >= 4 is 15.9 Å². The minimum atomic E-state index is -3.91. The van der Waals surface area contributed by atoms with Gasteiger partial charge in [-0.25, -0.2) is 13.1 Å². The Morgan fingerprint density at radius 3 is 2.62 bits per heavy atom. The third-order valence-electron chi connectivity index (χ3n) is 5.12. The van der Waals surface area contributed by atoms with Crippen molar-refractivity contribution in [2.45, 2.75) is 50.0 Å². The number of para-hydroxylation sites is 1. The zero-order valence-corrected chi connectivity index (χ0v) is 15.4. The summed E-state index contributed by atoms with van der Waals surface area (Å²) in [6.45, 7) is 1.91. The van der Waals surface area contributed by atoms with Crippen LogP contribution in [0.5, 0.6) is 5.75 Å². The zero-order valence-electron chi connectivity index (χ0n) is 14.6. The number of aryl methyl sites for hydroxylation is 3. The van der Waals surface area contributed by atoms with Crippen LogP contribution in [-0.4, -0.2) is 20.4 Å². The van der Waals surface area contributed by atoms with E-state index in [9.17, 15) is 13.2 Å². The van der Waals surface area contributed by atoms with Crippen LogP contribution in [0.2, 0.25) is 0 Å². The number of benzene rings is 2. The molecule has 0 fully saturated rings. The lowest BCUT2D eigenvalue weighted by Gasteiger charge is -2.17. The maximum absolute atomic E-state index is 12.6. The van der Waals surface area contributed by atoms with Crippen LogP contribution in [0, 0.1) is 6.92 Å². The van der Waals surface area contributed by atoms with Gasteiger partial charge in [0, 0.05) is 6.42 Å². The molecule has 1 heterocycles. The summed E-state index contributed by atoms with van der Waals surface area (Å²) in [7, 11) is -3.91. The largest absolute Gasteiger partial charge is 0.480 e. The van der Waals surface area contributed by atoms with Crippen LogP contribution < -0.4 is 9.46 Å². The van der Waals surface area contributed by atoms with Crippen LogP contribution in [0.3, 0.4) is 0 Å². The topological polar surface area (TPSA) is 72.5 Å². The molecule has 0 radical (unpaired) electrons. The molecule has 1 unspecified atom stereocenters. The van der Waals surface area contributed by atoms with Crippen molar-refractivity contribution < 1.29 is 17.9 Å². The van der Waals surface area contributed by atoms with Gasteiger partial charge < -0.3 is 4.74 Å². The van der Waals surface area contributed by atoms with Gasteiger partial charge in [-0.15, -0.1) is 0 Å². The van der Waals surface area contributed by atoms with E-state index in [1.165, 1.54) is 5.56 Å². The normalized spacial score (nSPS) is 18.6. The minimum absolute atomic E-state index is 0.137. The van der Waals surface area contributed by atoms with E-state index < -0.39 is 22.0 Å². The molecule has 0 bridgehead atoms. The predicted molar refractivity (Wildman–Crippen MR) is 97.7 cm³/mol. The Balaban J connectivity index is 1.52. The zero-order chi connectivity index (χ0) is 18.3. The summed E-state index contributed by atoms with van der Waals surface area (Å²) in [5.74, 6) is 0.0529. The van der Waals surface area contributed by atoms with Crippen LogP contribution in [0.1, 0.15) is 35.1 Å². The van der Waals surface area contributed by atoms with E-state index in [4.69, 9.17) is 4.74 Å². The standard InChI is InChI=1S/C20H21NO4S/c1-13-5-4-8-16-12-18(25-19(13)16)20(22)21-26(23,24)17-10-9-14-6-2-3-7-15(14)11-17/h4-5,8-11,18H,2-3,6-7,12H2,1H3,(H,21,22). The number of hydrogen-bond donors (Lipinski definition) is 1. The number of hydrogen-bond acceptors (Lipinski definition) is 4. The lowest BCUT2D eigenvalue weighted by atomic mass is 9.92. The highest BCUT2D eigenvalue weighted by atomic mass is 32.2. The molecule has 5 nitrogen and oxygen atoms in total. The molecule has 1 atom stereocenters. The molecule has 0 aromatic heterocycles. The van der Waals surface area contributed by atoms with E-state index >= 15 is 0 Å². The molecule has 1 amide bonds. The van der Waals surface area contributed by atoms with Gasteiger partial charge in [-0.2, -0.15) is 0 Å². The monoisotopic (exact) mass is 371 g/mol. The minimum Gasteiger partial charge on any atom is -0.480 e. The maximum atomic E-state index is 12.6. The second kappa shape index (κ2) is 6.43. The van der Waals surface area contributed by atoms with Crippen LogP contribution in [0.15, 0.2) is 41.3 Å². The molecule has 0 spiro atoms. The molecule has 0 saturated carbocycles. The fourth-order valence-corrected chi connectivity index (χ4v) is 4.77. The summed E-state index contributed by atoms with van der Waals surface area (Å²) in [6.07, 6.45) is 3.62. The van der Waals surface area contributed by atoms with E-state index in [1.807, 2.05) is 31.2 Å². The number of carbonyl (C=O) groups is 1. The van der Waals surface area contributed by atoms with Crippen molar-refractivity contribution in [3.63, 3.8) is 0 Å². The Kier molecular flexibility index (Phi) is 4.23. The Morgan fingerprint density at radius 2 is 1.85 bits per heavy atom. The average Bonchev–Trinajstić information content (AvgIpc) is 3.07. The van der Waals surface area contributed by atoms with Crippen molar-refractivity contribution in [3.8, 4) is 5.75 Å². The van der Waals surface area contributed by atoms with Crippen molar-refractivity contribution in [2.24, 2.45) is 0 Å². The lowest BCUT2D eigenvalue weighted by molar-refractivity contribution is -0.125. The quantitative estimate of drug-likeness (QED) is 0.900. The third kappa shape index (κ3) is 3.09. The molecular weight excluding hydrogens is 350 g/mol. The summed E-state index contributed by atoms with van der Waals surface area (Å²) < 4.78 is 33.2. The molecule has 1 N–H and O–H groups in total. The summed E-state index contributed by atoms with van der Waals surface area (Å²) in [4.78, 5) is 12.6. The van der Waals surface area contributed by atoms with E-state index in [0.29, 0.717) is 12.2 Å². The average molecular weight is 371 g/mol. The van der Waals surface area contributed by atoms with Crippen molar-refractivity contribution in [3.05, 3.63) is 58.7 Å². The SMILES string of the molecule is Cc1cccc2c1OC(C(=O)NS(=O)(=O)c1ccc3c(c1)CCCC3)C2. The molecule has 136 valence electrons. The van der Waals surface area contributed by atoms with Gasteiger partial charge in [0.2, 0.25) is 0 Å². The lowest BCUT2D eigenvalue weighted by Crippen LogP contribution is -2.40. The Morgan fingerprint density at radius 1 is 1.08 bits per heavy atom. The van der Waals surface area contributed by atoms with Gasteiger partial charge in [0.1, 0.15) is 5.75 Å². The Labute approximate surface area is 153 Å². The molecule has 0 saturated heterocycles. The number of carbonyl (C=O) groups excluding carboxylic acids is 1. The summed E-state index contributed by atoms with van der Waals surface area (Å²) in [5, 5.41) is 0. The number of ether oxygens (including phenoxy) is 1. The molecule has 26 heavy (non-hydrogen) atoms. The van der Waals surface area contributed by atoms with E-state index in [-0.39, 0.29) is 4.90 Å². The van der Waals surface area contributed by atoms with Gasteiger partial charge in [0.25, 0.3) is 15.9 Å². The number of rotatable bonds is 3. The second-order valence-electron chi connectivity index (χ2n) is 6.98. The molecule has 1 aliphatic heterocycles. The Hall–Kier alpha value is -2.34. The van der Waals surface area contributed by atoms with Crippen molar-refractivity contribution in [1.29, 1.82) is 0 Å². The molecule has 4 rings (SSSR count). The number of fused-ring (bicyclic) bond motifs is 2. The van der Waals surface area contributed by atoms with Crippen LogP contribution in [-0.2, 0) is 34.1 Å². The highest BCUT2D eigenvalue weighted by Gasteiger charge is 2.32. The molecular formula is C20H21NO4S. The number of nitrogens with one attached hydrogen (secondary N) is 1. The van der Waals surface area contributed by atoms with Gasteiger partial charge >= 0.3 is 0 Å². The summed E-state index contributed by atoms with van der Waals surface area (Å²) in [5.41, 5.74) is 4.13. The number of sulfonamides is 1. The number of amides is 1. The third-order valence-corrected chi connectivity index (χ3v) is 6.46. The molecule has 2 aliphatic rings. The van der Waals surface area contributed by atoms with E-state index in [1.54, 1.807) is 12.1 Å². The first-order chi connectivity index (χ1) is 12.4. The van der Waals surface area contributed by atoms with Gasteiger partial charge in [0.15, 0.2) is 6.10 Å². The van der Waals surface area contributed by atoms with Gasteiger partial charge in [-0.3, -0.25) is 4.79 Å². The van der Waals surface area contributed by atoms with Gasteiger partial charge in [0.05, 0.1) is 4.90 Å². The van der Waals surface area contributed by atoms with Crippen molar-refractivity contribution in [2.75, 3.05) is 0 Å². The highest BCUT2D eigenvalue weighted by Crippen LogP contribution is 2.32. The van der Waals surface area contributed by atoms with E-state index in [0.717, 1.165) is 42.4 Å². The summed E-state index contributed by atoms with van der Waals surface area (Å²) >= 11 is 0. The van der Waals surface area contributed by atoms with Crippen LogP contribution in [0.25, 0.3) is 0 Å². The van der Waals surface area contributed by atoms with Crippen LogP contribution >= 0.6 is 0 Å². The molecule has 2 aromatic rings. The van der Waals surface area contributed by atoms with Crippen molar-refractivity contribution in [1.82, 2.24) is 4.72 Å². The smallest absolute Gasteiger partial charge is 0.275 e. The maximum Gasteiger partial charge on any atom is 0.275 e. The van der Waals surface area contributed by atoms with Gasteiger partial charge in [-0.05, 0) is 67.0 Å². The second-order valence-corrected chi connectivity index (χ2v) is 8.66.